The van der Waals surface area contributed by atoms with Crippen molar-refractivity contribution in [2.45, 2.75) is 6.42 Å². The number of H-pyrrole nitrogens is 1. The van der Waals surface area contributed by atoms with Gasteiger partial charge in [-0.1, -0.05) is 18.7 Å². The van der Waals surface area contributed by atoms with Crippen LogP contribution in [0.2, 0.25) is 0 Å². The Morgan fingerprint density at radius 2 is 2.05 bits per heavy atom. The Morgan fingerprint density at radius 1 is 1.20 bits per heavy atom. The van der Waals surface area contributed by atoms with Crippen LogP contribution in [-0.2, 0) is 9.53 Å². The third-order valence-corrected chi connectivity index (χ3v) is 7.01. The molecule has 0 saturated carbocycles. The SMILES string of the molecule is C=CC(=O)Nc1cccc(Oc2nc([NH2+]c3ccc(N4CCN(C)CC4)cc3OC)[nH+]cc2C2=CCOCC2)c1. The van der Waals surface area contributed by atoms with Gasteiger partial charge in [0.15, 0.2) is 11.4 Å². The zero-order valence-corrected chi connectivity index (χ0v) is 23.0. The molecule has 0 atom stereocenters. The van der Waals surface area contributed by atoms with E-state index >= 15 is 0 Å². The molecule has 10 nitrogen and oxygen atoms in total. The van der Waals surface area contributed by atoms with Crippen LogP contribution in [-0.4, -0.2) is 69.3 Å². The normalized spacial score (nSPS) is 15.8. The summed E-state index contributed by atoms with van der Waals surface area (Å²) < 4.78 is 17.6. The number of anilines is 2. The largest absolute Gasteiger partial charge is 0.500 e. The van der Waals surface area contributed by atoms with Gasteiger partial charge >= 0.3 is 11.8 Å². The maximum Gasteiger partial charge on any atom is 0.500 e. The van der Waals surface area contributed by atoms with Crippen LogP contribution in [0.15, 0.2) is 67.4 Å². The lowest BCUT2D eigenvalue weighted by molar-refractivity contribution is -0.591. The van der Waals surface area contributed by atoms with Crippen LogP contribution in [0.4, 0.5) is 23.0 Å². The zero-order valence-electron chi connectivity index (χ0n) is 23.0. The van der Waals surface area contributed by atoms with Crippen molar-refractivity contribution in [3.05, 3.63) is 73.0 Å². The number of likely N-dealkylation sites (N-methyl/N-ethyl adjacent to an activating group) is 1. The third-order valence-electron chi connectivity index (χ3n) is 7.01. The number of aromatic nitrogens is 2. The van der Waals surface area contributed by atoms with Crippen LogP contribution in [0.3, 0.4) is 0 Å². The highest BCUT2D eigenvalue weighted by molar-refractivity contribution is 5.98. The number of ether oxygens (including phenoxy) is 3. The molecular weight excluding hydrogens is 508 g/mol. The molecule has 0 bridgehead atoms. The summed E-state index contributed by atoms with van der Waals surface area (Å²) in [6.45, 7) is 8.74. The molecule has 0 aliphatic carbocycles. The second-order valence-corrected chi connectivity index (χ2v) is 9.74. The number of amides is 1. The number of aromatic amines is 1. The number of nitrogens with two attached hydrogens (primary N) is 1. The number of rotatable bonds is 9. The molecule has 2 aliphatic heterocycles. The summed E-state index contributed by atoms with van der Waals surface area (Å²) in [5.74, 6) is 2.11. The van der Waals surface area contributed by atoms with Crippen LogP contribution < -0.4 is 30.0 Å². The van der Waals surface area contributed by atoms with E-state index < -0.39 is 0 Å². The second-order valence-electron chi connectivity index (χ2n) is 9.74. The van der Waals surface area contributed by atoms with Gasteiger partial charge in [-0.3, -0.25) is 4.79 Å². The molecule has 3 heterocycles. The Hall–Kier alpha value is -4.25. The van der Waals surface area contributed by atoms with E-state index in [0.717, 1.165) is 60.9 Å². The van der Waals surface area contributed by atoms with Crippen molar-refractivity contribution >= 4 is 34.5 Å². The summed E-state index contributed by atoms with van der Waals surface area (Å²) in [4.78, 5) is 24.7. The van der Waals surface area contributed by atoms with Crippen molar-refractivity contribution in [1.29, 1.82) is 0 Å². The van der Waals surface area contributed by atoms with Gasteiger partial charge in [-0.15, -0.1) is 0 Å². The standard InChI is InChI=1S/C30H34N6O4/c1-4-28(37)32-22-6-5-7-24(18-22)40-29-25(21-10-16-39-17-11-21)20-31-30(34-29)33-26-9-8-23(19-27(26)38-3)36-14-12-35(2)13-15-36/h4-10,18-20H,1,11-17H2,2-3H3,(H,32,37)(H,31,33,34)/p+2. The highest BCUT2D eigenvalue weighted by Gasteiger charge is 2.26. The summed E-state index contributed by atoms with van der Waals surface area (Å²) in [5, 5.41) is 4.71. The Bertz CT molecular complexity index is 1400. The monoisotopic (exact) mass is 544 g/mol. The van der Waals surface area contributed by atoms with Gasteiger partial charge < -0.3 is 29.3 Å². The second kappa shape index (κ2) is 12.7. The molecule has 1 amide bonds. The van der Waals surface area contributed by atoms with E-state index in [4.69, 9.17) is 19.2 Å². The molecular formula is C30H36N6O4+2. The van der Waals surface area contributed by atoms with Crippen LogP contribution in [0.25, 0.3) is 5.57 Å². The predicted molar refractivity (Wildman–Crippen MR) is 153 cm³/mol. The first-order chi connectivity index (χ1) is 19.5. The first-order valence-corrected chi connectivity index (χ1v) is 13.4. The highest BCUT2D eigenvalue weighted by atomic mass is 16.5. The van der Waals surface area contributed by atoms with Gasteiger partial charge in [0, 0.05) is 55.8 Å². The molecule has 3 aromatic rings. The topological polar surface area (TPSA) is 107 Å². The summed E-state index contributed by atoms with van der Waals surface area (Å²) >= 11 is 0. The van der Waals surface area contributed by atoms with Gasteiger partial charge in [0.1, 0.15) is 17.5 Å². The molecule has 208 valence electrons. The Kier molecular flexibility index (Phi) is 8.70. The first-order valence-electron chi connectivity index (χ1n) is 13.4. The number of methoxy groups -OCH3 is 1. The summed E-state index contributed by atoms with van der Waals surface area (Å²) in [5.41, 5.74) is 4.62. The number of hydrogen-bond donors (Lipinski definition) is 2. The van der Waals surface area contributed by atoms with Crippen molar-refractivity contribution in [2.75, 3.05) is 63.8 Å². The van der Waals surface area contributed by atoms with Crippen molar-refractivity contribution in [3.63, 3.8) is 0 Å². The van der Waals surface area contributed by atoms with E-state index in [1.807, 2.05) is 29.7 Å². The number of nitrogens with one attached hydrogen (secondary N) is 2. The summed E-state index contributed by atoms with van der Waals surface area (Å²) in [6.07, 6.45) is 5.95. The van der Waals surface area contributed by atoms with E-state index in [-0.39, 0.29) is 5.91 Å². The highest BCUT2D eigenvalue weighted by Crippen LogP contribution is 2.32. The molecule has 1 aromatic heterocycles. The van der Waals surface area contributed by atoms with Crippen LogP contribution in [0.5, 0.6) is 17.4 Å². The van der Waals surface area contributed by atoms with E-state index in [9.17, 15) is 4.79 Å². The number of hydrogen-bond acceptors (Lipinski definition) is 7. The lowest BCUT2D eigenvalue weighted by Gasteiger charge is -2.34. The maximum atomic E-state index is 11.8. The smallest absolute Gasteiger partial charge is 0.491 e. The molecule has 40 heavy (non-hydrogen) atoms. The molecule has 4 N–H and O–H groups in total. The van der Waals surface area contributed by atoms with Crippen molar-refractivity contribution in [3.8, 4) is 17.4 Å². The fraction of sp³-hybridized carbons (Fsp3) is 0.300. The predicted octanol–water partition coefficient (Wildman–Crippen LogP) is 2.90. The van der Waals surface area contributed by atoms with Crippen LogP contribution in [0.1, 0.15) is 12.0 Å². The Morgan fingerprint density at radius 3 is 2.80 bits per heavy atom. The van der Waals surface area contributed by atoms with Crippen molar-refractivity contribution in [1.82, 2.24) is 9.88 Å². The first kappa shape index (κ1) is 27.3. The van der Waals surface area contributed by atoms with Crippen molar-refractivity contribution < 1.29 is 29.3 Å². The summed E-state index contributed by atoms with van der Waals surface area (Å²) in [6, 6.07) is 13.5. The molecule has 2 aromatic carbocycles. The molecule has 5 rings (SSSR count). The number of carbonyl (C=O) groups excluding carboxylic acids is 1. The van der Waals surface area contributed by atoms with Crippen LogP contribution in [0, 0.1) is 0 Å². The molecule has 10 heteroatoms. The van der Waals surface area contributed by atoms with Gasteiger partial charge in [-0.05, 0) is 43.3 Å². The maximum absolute atomic E-state index is 11.8. The molecule has 0 radical (unpaired) electrons. The summed E-state index contributed by atoms with van der Waals surface area (Å²) in [7, 11) is 3.84. The van der Waals surface area contributed by atoms with E-state index in [2.05, 4.69) is 51.9 Å². The average Bonchev–Trinajstić information content (AvgIpc) is 2.98. The quantitative estimate of drug-likeness (QED) is 0.315. The molecule has 0 spiro atoms. The molecule has 1 saturated heterocycles. The minimum atomic E-state index is -0.290. The van der Waals surface area contributed by atoms with E-state index in [0.29, 0.717) is 36.5 Å². The van der Waals surface area contributed by atoms with Gasteiger partial charge in [0.2, 0.25) is 5.91 Å². The molecule has 1 fully saturated rings. The minimum absolute atomic E-state index is 0.290. The fourth-order valence-corrected chi connectivity index (χ4v) is 4.73. The average molecular weight is 545 g/mol. The van der Waals surface area contributed by atoms with Gasteiger partial charge in [0.25, 0.3) is 0 Å². The zero-order chi connectivity index (χ0) is 27.9. The Balaban J connectivity index is 1.42. The molecule has 0 unspecified atom stereocenters. The number of piperazine rings is 1. The van der Waals surface area contributed by atoms with E-state index in [1.54, 1.807) is 19.2 Å². The van der Waals surface area contributed by atoms with Gasteiger partial charge in [0.05, 0.1) is 25.3 Å². The van der Waals surface area contributed by atoms with Gasteiger partial charge in [-0.25, -0.2) is 5.32 Å². The van der Waals surface area contributed by atoms with E-state index in [1.165, 1.54) is 6.08 Å². The number of quaternary nitrogens is 1. The van der Waals surface area contributed by atoms with Crippen molar-refractivity contribution in [2.24, 2.45) is 0 Å². The molecule has 2 aliphatic rings. The minimum Gasteiger partial charge on any atom is -0.491 e. The number of benzene rings is 2. The number of nitrogens with zero attached hydrogens (tertiary/aromatic N) is 3. The fourth-order valence-electron chi connectivity index (χ4n) is 4.73. The van der Waals surface area contributed by atoms with Gasteiger partial charge in [-0.2, -0.15) is 4.98 Å². The van der Waals surface area contributed by atoms with Crippen LogP contribution >= 0.6 is 0 Å². The lowest BCUT2D eigenvalue weighted by atomic mass is 10.0. The Labute approximate surface area is 234 Å². The lowest BCUT2D eigenvalue weighted by Crippen LogP contribution is -2.74. The number of carbonyl (C=O) groups is 1. The third kappa shape index (κ3) is 6.66.